The van der Waals surface area contributed by atoms with Crippen LogP contribution in [-0.4, -0.2) is 15.5 Å². The van der Waals surface area contributed by atoms with Crippen molar-refractivity contribution in [3.63, 3.8) is 0 Å². The van der Waals surface area contributed by atoms with Gasteiger partial charge in [0, 0.05) is 23.6 Å². The summed E-state index contributed by atoms with van der Waals surface area (Å²) < 4.78 is 7.32. The highest BCUT2D eigenvalue weighted by atomic mass is 35.5. The van der Waals surface area contributed by atoms with Crippen molar-refractivity contribution in [3.8, 4) is 0 Å². The van der Waals surface area contributed by atoms with E-state index < -0.39 is 12.1 Å². The van der Waals surface area contributed by atoms with E-state index in [0.717, 1.165) is 24.2 Å². The van der Waals surface area contributed by atoms with Gasteiger partial charge in [-0.15, -0.1) is 11.3 Å². The Balaban J connectivity index is 1.70. The molecule has 3 aromatic rings. The van der Waals surface area contributed by atoms with Gasteiger partial charge in [0.05, 0.1) is 5.39 Å². The zero-order valence-electron chi connectivity index (χ0n) is 14.4. The second-order valence-electron chi connectivity index (χ2n) is 6.39. The number of carbonyl (C=O) groups excluding carboxylic acids is 1. The molecule has 134 valence electrons. The van der Waals surface area contributed by atoms with Crippen molar-refractivity contribution >= 4 is 39.1 Å². The van der Waals surface area contributed by atoms with Crippen molar-refractivity contribution in [3.05, 3.63) is 61.5 Å². The summed E-state index contributed by atoms with van der Waals surface area (Å²) in [6, 6.07) is 7.27. The number of halogens is 1. The number of aryl methyl sites for hydroxylation is 2. The summed E-state index contributed by atoms with van der Waals surface area (Å²) in [5, 5.41) is 1.08. The first kappa shape index (κ1) is 17.2. The van der Waals surface area contributed by atoms with Crippen LogP contribution < -0.4 is 5.56 Å². The van der Waals surface area contributed by atoms with Crippen LogP contribution in [0.4, 0.5) is 0 Å². The van der Waals surface area contributed by atoms with Crippen LogP contribution in [0, 0.1) is 6.92 Å². The highest BCUT2D eigenvalue weighted by Crippen LogP contribution is 2.31. The van der Waals surface area contributed by atoms with Crippen molar-refractivity contribution in [1.82, 2.24) is 9.55 Å². The van der Waals surface area contributed by atoms with Crippen molar-refractivity contribution in [1.29, 1.82) is 0 Å². The largest absolute Gasteiger partial charge is 0.454 e. The predicted octanol–water partition coefficient (Wildman–Crippen LogP) is 4.28. The molecule has 0 unspecified atom stereocenters. The van der Waals surface area contributed by atoms with Crippen molar-refractivity contribution < 1.29 is 9.53 Å². The van der Waals surface area contributed by atoms with Crippen molar-refractivity contribution in [2.24, 2.45) is 0 Å². The van der Waals surface area contributed by atoms with Gasteiger partial charge in [0.25, 0.3) is 5.56 Å². The first-order chi connectivity index (χ1) is 12.5. The molecule has 0 aliphatic carbocycles. The number of ether oxygens (including phenoxy) is 1. The summed E-state index contributed by atoms with van der Waals surface area (Å²) in [5.41, 5.74) is 1.33. The second kappa shape index (κ2) is 6.52. The molecule has 1 aliphatic rings. The number of rotatable bonds is 3. The smallest absolute Gasteiger partial charge is 0.349 e. The summed E-state index contributed by atoms with van der Waals surface area (Å²) >= 11 is 7.40. The number of carbonyl (C=O) groups is 1. The molecule has 1 aromatic carbocycles. The SMILES string of the molecule is Cc1c(C(=O)O[C@@H](C)c2ccccc2Cl)sc2nc3n(c(=O)c12)CCC3. The number of hydrogen-bond acceptors (Lipinski definition) is 5. The molecule has 0 bridgehead atoms. The topological polar surface area (TPSA) is 61.2 Å². The Hall–Kier alpha value is -2.18. The van der Waals surface area contributed by atoms with Crippen LogP contribution in [0.25, 0.3) is 10.2 Å². The minimum absolute atomic E-state index is 0.0607. The average molecular weight is 389 g/mol. The van der Waals surface area contributed by atoms with Crippen LogP contribution in [0.5, 0.6) is 0 Å². The number of fused-ring (bicyclic) bond motifs is 2. The number of thiophene rings is 1. The maximum atomic E-state index is 12.7. The van der Waals surface area contributed by atoms with Gasteiger partial charge in [0.2, 0.25) is 0 Å². The van der Waals surface area contributed by atoms with E-state index in [0.29, 0.717) is 32.2 Å². The van der Waals surface area contributed by atoms with E-state index in [1.807, 2.05) is 18.2 Å². The van der Waals surface area contributed by atoms with Crippen molar-refractivity contribution in [2.75, 3.05) is 0 Å². The minimum Gasteiger partial charge on any atom is -0.454 e. The molecule has 0 saturated carbocycles. The first-order valence-corrected chi connectivity index (χ1v) is 9.65. The number of nitrogens with zero attached hydrogens (tertiary/aromatic N) is 2. The average Bonchev–Trinajstić information content (AvgIpc) is 3.20. The Bertz CT molecular complexity index is 1090. The molecule has 1 aliphatic heterocycles. The van der Waals surface area contributed by atoms with Crippen LogP contribution in [0.15, 0.2) is 29.1 Å². The lowest BCUT2D eigenvalue weighted by atomic mass is 10.1. The second-order valence-corrected chi connectivity index (χ2v) is 7.80. The van der Waals surface area contributed by atoms with E-state index in [1.165, 1.54) is 11.3 Å². The van der Waals surface area contributed by atoms with Crippen LogP contribution in [0.2, 0.25) is 5.02 Å². The summed E-state index contributed by atoms with van der Waals surface area (Å²) in [4.78, 5) is 31.0. The van der Waals surface area contributed by atoms with E-state index in [9.17, 15) is 9.59 Å². The fourth-order valence-corrected chi connectivity index (χ4v) is 4.72. The predicted molar refractivity (Wildman–Crippen MR) is 102 cm³/mol. The molecule has 3 heterocycles. The summed E-state index contributed by atoms with van der Waals surface area (Å²) in [5.74, 6) is 0.343. The maximum Gasteiger partial charge on any atom is 0.349 e. The van der Waals surface area contributed by atoms with Gasteiger partial charge in [-0.2, -0.15) is 0 Å². The van der Waals surface area contributed by atoms with Gasteiger partial charge >= 0.3 is 5.97 Å². The molecule has 1 atom stereocenters. The van der Waals surface area contributed by atoms with E-state index in [4.69, 9.17) is 16.3 Å². The molecule has 0 saturated heterocycles. The Labute approximate surface area is 159 Å². The van der Waals surface area contributed by atoms with E-state index >= 15 is 0 Å². The molecular formula is C19H17ClN2O3S. The van der Waals surface area contributed by atoms with Gasteiger partial charge in [-0.25, -0.2) is 9.78 Å². The number of benzene rings is 1. The van der Waals surface area contributed by atoms with Gasteiger partial charge in [-0.1, -0.05) is 29.8 Å². The normalized spacial score (nSPS) is 14.4. The molecule has 7 heteroatoms. The van der Waals surface area contributed by atoms with Gasteiger partial charge < -0.3 is 4.74 Å². The van der Waals surface area contributed by atoms with Gasteiger partial charge in [-0.3, -0.25) is 9.36 Å². The monoisotopic (exact) mass is 388 g/mol. The Morgan fingerprint density at radius 3 is 2.92 bits per heavy atom. The summed E-state index contributed by atoms with van der Waals surface area (Å²) in [6.07, 6.45) is 1.24. The molecule has 0 amide bonds. The van der Waals surface area contributed by atoms with Crippen molar-refractivity contribution in [2.45, 2.75) is 39.3 Å². The highest BCUT2D eigenvalue weighted by Gasteiger charge is 2.25. The van der Waals surface area contributed by atoms with Crippen LogP contribution in [-0.2, 0) is 17.7 Å². The number of hydrogen-bond donors (Lipinski definition) is 0. The molecular weight excluding hydrogens is 372 g/mol. The fourth-order valence-electron chi connectivity index (χ4n) is 3.35. The van der Waals surface area contributed by atoms with Gasteiger partial charge in [0.1, 0.15) is 21.6 Å². The molecule has 0 radical (unpaired) electrons. The zero-order chi connectivity index (χ0) is 18.4. The lowest BCUT2D eigenvalue weighted by Crippen LogP contribution is -2.20. The molecule has 0 spiro atoms. The van der Waals surface area contributed by atoms with Gasteiger partial charge in [0.15, 0.2) is 0 Å². The van der Waals surface area contributed by atoms with E-state index in [2.05, 4.69) is 4.98 Å². The molecule has 5 nitrogen and oxygen atoms in total. The molecule has 4 rings (SSSR count). The Kier molecular flexibility index (Phi) is 4.32. The van der Waals surface area contributed by atoms with E-state index in [1.54, 1.807) is 24.5 Å². The molecule has 0 N–H and O–H groups in total. The van der Waals surface area contributed by atoms with Crippen LogP contribution in [0.1, 0.15) is 46.1 Å². The third-order valence-electron chi connectivity index (χ3n) is 4.72. The lowest BCUT2D eigenvalue weighted by Gasteiger charge is -2.14. The number of esters is 1. The quantitative estimate of drug-likeness (QED) is 0.628. The standard InChI is InChI=1S/C19H17ClN2O3S/c1-10-15-17(21-14-8-5-9-22(14)18(15)23)26-16(10)19(24)25-11(2)12-6-3-4-7-13(12)20/h3-4,6-7,11H,5,8-9H2,1-2H3/t11-/m0/s1. The maximum absolute atomic E-state index is 12.7. The van der Waals surface area contributed by atoms with Gasteiger partial charge in [-0.05, 0) is 31.9 Å². The van der Waals surface area contributed by atoms with Crippen LogP contribution >= 0.6 is 22.9 Å². The molecule has 26 heavy (non-hydrogen) atoms. The third-order valence-corrected chi connectivity index (χ3v) is 6.23. The fraction of sp³-hybridized carbons (Fsp3) is 0.316. The zero-order valence-corrected chi connectivity index (χ0v) is 16.0. The van der Waals surface area contributed by atoms with Crippen LogP contribution in [0.3, 0.4) is 0 Å². The van der Waals surface area contributed by atoms with E-state index in [-0.39, 0.29) is 5.56 Å². The highest BCUT2D eigenvalue weighted by molar-refractivity contribution is 7.20. The Morgan fingerprint density at radius 1 is 1.38 bits per heavy atom. The summed E-state index contributed by atoms with van der Waals surface area (Å²) in [7, 11) is 0. The third kappa shape index (κ3) is 2.73. The lowest BCUT2D eigenvalue weighted by molar-refractivity contribution is 0.0343. The molecule has 0 fully saturated rings. The summed E-state index contributed by atoms with van der Waals surface area (Å²) in [6.45, 7) is 4.25. The Morgan fingerprint density at radius 2 is 2.15 bits per heavy atom. The molecule has 2 aromatic heterocycles. The number of aromatic nitrogens is 2. The minimum atomic E-state index is -0.486. The first-order valence-electron chi connectivity index (χ1n) is 8.45.